The molecule has 3 aromatic rings. The van der Waals surface area contributed by atoms with Crippen LogP contribution < -0.4 is 5.73 Å². The molecule has 1 atom stereocenters. The fourth-order valence-electron chi connectivity index (χ4n) is 3.91. The van der Waals surface area contributed by atoms with Crippen LogP contribution in [0.3, 0.4) is 0 Å². The Hall–Kier alpha value is -2.86. The van der Waals surface area contributed by atoms with Crippen LogP contribution in [0.4, 0.5) is 5.13 Å². The number of pyridine rings is 1. The van der Waals surface area contributed by atoms with Crippen molar-refractivity contribution in [1.29, 1.82) is 0 Å². The second kappa shape index (κ2) is 12.6. The van der Waals surface area contributed by atoms with Gasteiger partial charge in [0, 0.05) is 16.8 Å². The number of carbonyl (C=O) groups excluding carboxylic acids is 1. The molecule has 0 saturated heterocycles. The van der Waals surface area contributed by atoms with E-state index < -0.39 is 5.91 Å². The molecule has 1 aromatic carbocycles. The normalized spacial score (nSPS) is 13.4. The van der Waals surface area contributed by atoms with Gasteiger partial charge in [-0.25, -0.2) is 15.0 Å². The van der Waals surface area contributed by atoms with Gasteiger partial charge in [-0.15, -0.1) is 0 Å². The Labute approximate surface area is 207 Å². The molecule has 6 heteroatoms. The molecule has 0 aliphatic heterocycles. The number of aliphatic imine (C=N–C) groups is 1. The minimum atomic E-state index is -0.447. The van der Waals surface area contributed by atoms with Crippen LogP contribution in [0.1, 0.15) is 83.0 Å². The Bertz CT molecular complexity index is 1180. The van der Waals surface area contributed by atoms with Gasteiger partial charge in [-0.3, -0.25) is 4.79 Å². The van der Waals surface area contributed by atoms with Crippen LogP contribution in [-0.2, 0) is 0 Å². The highest BCUT2D eigenvalue weighted by atomic mass is 32.1. The van der Waals surface area contributed by atoms with E-state index in [1.165, 1.54) is 55.4 Å². The van der Waals surface area contributed by atoms with Gasteiger partial charge in [0.05, 0.1) is 5.69 Å². The van der Waals surface area contributed by atoms with Gasteiger partial charge in [-0.1, -0.05) is 75.0 Å². The van der Waals surface area contributed by atoms with Gasteiger partial charge in [0.2, 0.25) is 11.0 Å². The lowest BCUT2D eigenvalue weighted by Gasteiger charge is -2.07. The zero-order chi connectivity index (χ0) is 24.5. The number of amides is 1. The predicted molar refractivity (Wildman–Crippen MR) is 145 cm³/mol. The number of unbranched alkanes of at least 4 members (excludes halogenated alkanes) is 3. The zero-order valence-electron chi connectivity index (χ0n) is 20.8. The first-order chi connectivity index (χ1) is 16.4. The number of nitrogens with two attached hydrogens (primary N) is 1. The summed E-state index contributed by atoms with van der Waals surface area (Å²) in [5.74, 6) is 0.413. The number of rotatable bonds is 12. The van der Waals surface area contributed by atoms with Crippen LogP contribution in [-0.4, -0.2) is 21.6 Å². The number of hydrogen-bond acceptors (Lipinski definition) is 5. The fourth-order valence-corrected chi connectivity index (χ4v) is 4.78. The number of nitrogens with zero attached hydrogens (tertiary/aromatic N) is 3. The third kappa shape index (κ3) is 7.59. The van der Waals surface area contributed by atoms with E-state index in [-0.39, 0.29) is 0 Å². The Balaban J connectivity index is 1.61. The number of hydrogen-bond donors (Lipinski definition) is 1. The highest BCUT2D eigenvalue weighted by Gasteiger charge is 2.09. The number of carbonyl (C=O) groups is 1. The molecule has 3 rings (SSSR count). The summed E-state index contributed by atoms with van der Waals surface area (Å²) in [6, 6.07) is 11.1. The maximum Gasteiger partial charge on any atom is 0.248 e. The summed E-state index contributed by atoms with van der Waals surface area (Å²) < 4.78 is 0. The van der Waals surface area contributed by atoms with E-state index in [0.29, 0.717) is 10.7 Å². The van der Waals surface area contributed by atoms with Gasteiger partial charge >= 0.3 is 0 Å². The SMILES string of the molecule is CCC(C)CCCCCC/C(C)=C/C(C)=Nc1nc2ccc(-c3cccc(C(N)=O)c3)nc2s1. The van der Waals surface area contributed by atoms with E-state index in [1.807, 2.05) is 31.2 Å². The molecule has 34 heavy (non-hydrogen) atoms. The molecule has 0 radical (unpaired) electrons. The summed E-state index contributed by atoms with van der Waals surface area (Å²) in [5, 5.41) is 0.706. The largest absolute Gasteiger partial charge is 0.366 e. The van der Waals surface area contributed by atoms with Crippen molar-refractivity contribution in [2.24, 2.45) is 16.6 Å². The number of benzene rings is 1. The maximum absolute atomic E-state index is 11.5. The first-order valence-electron chi connectivity index (χ1n) is 12.3. The van der Waals surface area contributed by atoms with E-state index in [2.05, 4.69) is 31.8 Å². The summed E-state index contributed by atoms with van der Waals surface area (Å²) in [6.07, 6.45) is 11.1. The summed E-state index contributed by atoms with van der Waals surface area (Å²) in [5.41, 5.74) is 10.7. The standard InChI is InChI=1S/C28H36N4OS/c1-5-19(2)11-8-6-7-9-12-20(3)17-21(4)30-28-32-25-16-15-24(31-27(25)34-28)22-13-10-14-23(18-22)26(29)33/h10,13-19H,5-9,11-12H2,1-4H3,(H2,29,33)/b20-17+,30-21?. The lowest BCUT2D eigenvalue weighted by atomic mass is 9.99. The molecule has 0 saturated carbocycles. The molecular formula is C28H36N4OS. The van der Waals surface area contributed by atoms with Gasteiger partial charge in [-0.2, -0.15) is 0 Å². The van der Waals surface area contributed by atoms with E-state index >= 15 is 0 Å². The average molecular weight is 477 g/mol. The monoisotopic (exact) mass is 476 g/mol. The van der Waals surface area contributed by atoms with Crippen molar-refractivity contribution in [3.8, 4) is 11.3 Å². The van der Waals surface area contributed by atoms with Gasteiger partial charge in [0.1, 0.15) is 10.3 Å². The molecule has 2 heterocycles. The van der Waals surface area contributed by atoms with Crippen molar-refractivity contribution in [2.45, 2.75) is 72.6 Å². The fraction of sp³-hybridized carbons (Fsp3) is 0.429. The summed E-state index contributed by atoms with van der Waals surface area (Å²) >= 11 is 1.47. The molecule has 0 aliphatic carbocycles. The smallest absolute Gasteiger partial charge is 0.248 e. The number of aromatic nitrogens is 2. The van der Waals surface area contributed by atoms with Crippen LogP contribution >= 0.6 is 11.3 Å². The lowest BCUT2D eigenvalue weighted by Crippen LogP contribution is -2.10. The second-order valence-electron chi connectivity index (χ2n) is 9.17. The van der Waals surface area contributed by atoms with Crippen LogP contribution in [0.5, 0.6) is 0 Å². The van der Waals surface area contributed by atoms with Crippen LogP contribution in [0, 0.1) is 5.92 Å². The molecule has 0 fully saturated rings. The molecule has 0 spiro atoms. The average Bonchev–Trinajstić information content (AvgIpc) is 3.22. The highest BCUT2D eigenvalue weighted by molar-refractivity contribution is 7.21. The van der Waals surface area contributed by atoms with Gasteiger partial charge in [0.15, 0.2) is 0 Å². The summed E-state index contributed by atoms with van der Waals surface area (Å²) in [6.45, 7) is 8.83. The lowest BCUT2D eigenvalue weighted by molar-refractivity contribution is 0.100. The van der Waals surface area contributed by atoms with E-state index in [0.717, 1.165) is 39.7 Å². The molecular weight excluding hydrogens is 440 g/mol. The number of thiazole rings is 1. The Kier molecular flexibility index (Phi) is 9.52. The van der Waals surface area contributed by atoms with Crippen LogP contribution in [0.25, 0.3) is 21.6 Å². The quantitative estimate of drug-likeness (QED) is 0.213. The van der Waals surface area contributed by atoms with E-state index in [9.17, 15) is 4.79 Å². The topological polar surface area (TPSA) is 81.2 Å². The molecule has 2 aromatic heterocycles. The minimum absolute atomic E-state index is 0.447. The second-order valence-corrected chi connectivity index (χ2v) is 10.1. The van der Waals surface area contributed by atoms with Gasteiger partial charge in [0.25, 0.3) is 0 Å². The molecule has 5 nitrogen and oxygen atoms in total. The molecule has 1 unspecified atom stereocenters. The predicted octanol–water partition coefficient (Wildman–Crippen LogP) is 7.88. The molecule has 0 bridgehead atoms. The number of primary amides is 1. The number of fused-ring (bicyclic) bond motifs is 1. The van der Waals surface area contributed by atoms with Crippen molar-refractivity contribution in [2.75, 3.05) is 0 Å². The summed E-state index contributed by atoms with van der Waals surface area (Å²) in [4.78, 5) is 26.4. The van der Waals surface area contributed by atoms with Crippen molar-refractivity contribution in [3.63, 3.8) is 0 Å². The maximum atomic E-state index is 11.5. The first-order valence-corrected chi connectivity index (χ1v) is 13.1. The van der Waals surface area contributed by atoms with Crippen molar-refractivity contribution in [3.05, 3.63) is 53.6 Å². The van der Waals surface area contributed by atoms with Crippen molar-refractivity contribution < 1.29 is 4.79 Å². The Morgan fingerprint density at radius 1 is 1.12 bits per heavy atom. The number of allylic oxidation sites excluding steroid dienone is 2. The van der Waals surface area contributed by atoms with Crippen LogP contribution in [0.2, 0.25) is 0 Å². The molecule has 0 aliphatic rings. The third-order valence-electron chi connectivity index (χ3n) is 6.13. The van der Waals surface area contributed by atoms with Crippen LogP contribution in [0.15, 0.2) is 53.0 Å². The summed E-state index contributed by atoms with van der Waals surface area (Å²) in [7, 11) is 0. The van der Waals surface area contributed by atoms with Crippen molar-refractivity contribution >= 4 is 38.4 Å². The van der Waals surface area contributed by atoms with Gasteiger partial charge < -0.3 is 5.73 Å². The van der Waals surface area contributed by atoms with E-state index in [1.54, 1.807) is 12.1 Å². The minimum Gasteiger partial charge on any atom is -0.366 e. The Morgan fingerprint density at radius 2 is 1.91 bits per heavy atom. The van der Waals surface area contributed by atoms with E-state index in [4.69, 9.17) is 15.7 Å². The molecule has 2 N–H and O–H groups in total. The molecule has 180 valence electrons. The first kappa shape index (κ1) is 25.8. The highest BCUT2D eigenvalue weighted by Crippen LogP contribution is 2.29. The zero-order valence-corrected chi connectivity index (χ0v) is 21.6. The van der Waals surface area contributed by atoms with Crippen molar-refractivity contribution in [1.82, 2.24) is 9.97 Å². The molecule has 1 amide bonds. The van der Waals surface area contributed by atoms with Gasteiger partial charge in [-0.05, 0) is 62.9 Å². The third-order valence-corrected chi connectivity index (χ3v) is 6.99. The Morgan fingerprint density at radius 3 is 2.68 bits per heavy atom.